The van der Waals surface area contributed by atoms with Crippen molar-refractivity contribution in [3.63, 3.8) is 0 Å². The van der Waals surface area contributed by atoms with Crippen molar-refractivity contribution >= 4 is 78.6 Å². The van der Waals surface area contributed by atoms with Crippen molar-refractivity contribution < 1.29 is 38.1 Å². The molecule has 1 amide bonds. The van der Waals surface area contributed by atoms with Crippen LogP contribution in [0, 0.1) is 0 Å². The Bertz CT molecular complexity index is 2530. The van der Waals surface area contributed by atoms with Gasteiger partial charge in [-0.1, -0.05) is 51.2 Å². The van der Waals surface area contributed by atoms with Crippen LogP contribution in [0.3, 0.4) is 0 Å². The molecule has 0 spiro atoms. The molecule has 0 bridgehead atoms. The van der Waals surface area contributed by atoms with Gasteiger partial charge >= 0.3 is 11.9 Å². The summed E-state index contributed by atoms with van der Waals surface area (Å²) in [5.41, 5.74) is 21.0. The molecule has 6 aromatic rings. The number of phenols is 1. The fraction of sp³-hybridized carbons (Fsp3) is 0.302. The topological polar surface area (TPSA) is 316 Å². The van der Waals surface area contributed by atoms with Crippen LogP contribution in [0.25, 0.3) is 11.2 Å². The van der Waals surface area contributed by atoms with Gasteiger partial charge < -0.3 is 42.7 Å². The molecule has 0 aliphatic rings. The van der Waals surface area contributed by atoms with Crippen molar-refractivity contribution in [2.45, 2.75) is 82.2 Å². The fourth-order valence-electron chi connectivity index (χ4n) is 5.89. The van der Waals surface area contributed by atoms with Crippen LogP contribution in [0.5, 0.6) is 5.75 Å². The maximum atomic E-state index is 12.4. The van der Waals surface area contributed by atoms with Crippen LogP contribution < -0.4 is 32.1 Å². The molecule has 0 fully saturated rings. The number of hydrogen-bond acceptors (Lipinski definition) is 16. The van der Waals surface area contributed by atoms with Crippen molar-refractivity contribution in [1.82, 2.24) is 30.2 Å². The molecule has 11 N–H and O–H groups in total. The van der Waals surface area contributed by atoms with Crippen molar-refractivity contribution in [3.8, 4) is 5.75 Å². The number of sulfonamides is 1. The maximum Gasteiger partial charge on any atom is 0.326 e. The van der Waals surface area contributed by atoms with Crippen LogP contribution >= 0.6 is 11.3 Å². The molecule has 3 aromatic heterocycles. The zero-order valence-corrected chi connectivity index (χ0v) is 37.1. The number of nitrogens with zero attached hydrogens (tertiary/aromatic N) is 6. The van der Waals surface area contributed by atoms with Crippen LogP contribution in [0.4, 0.5) is 28.3 Å². The minimum Gasteiger partial charge on any atom is -0.508 e. The summed E-state index contributed by atoms with van der Waals surface area (Å²) in [6.45, 7) is 2.62. The number of phenolic OH excluding ortho intramolecular Hbond substituents is 1. The SMILES string of the molecule is CCCCCCCCc1ccc(O)cc1.CN(Cc1cnc2nc(N)nc(N)c2n1)c1ccc(C(=O)N[C@@H](CCC(=O)O)C(=O)O)cc1.Nc1ccc(S(=O)(=O)Nc2nccs2)cc1. The third-order valence-corrected chi connectivity index (χ3v) is 11.5. The number of anilines is 5. The molecule has 0 saturated heterocycles. The van der Waals surface area contributed by atoms with Gasteiger partial charge in [0, 0.05) is 42.0 Å². The highest BCUT2D eigenvalue weighted by molar-refractivity contribution is 7.93. The van der Waals surface area contributed by atoms with E-state index in [1.165, 1.54) is 98.0 Å². The predicted molar refractivity (Wildman–Crippen MR) is 247 cm³/mol. The third-order valence-electron chi connectivity index (χ3n) is 9.32. The highest BCUT2D eigenvalue weighted by Crippen LogP contribution is 2.21. The summed E-state index contributed by atoms with van der Waals surface area (Å²) in [5, 5.41) is 31.4. The monoisotopic (exact) mass is 915 g/mol. The number of rotatable bonds is 19. The van der Waals surface area contributed by atoms with Gasteiger partial charge in [-0.25, -0.2) is 28.2 Å². The molecule has 0 saturated carbocycles. The van der Waals surface area contributed by atoms with E-state index in [0.29, 0.717) is 40.0 Å². The molecule has 340 valence electrons. The molecule has 3 heterocycles. The lowest BCUT2D eigenvalue weighted by Gasteiger charge is -2.19. The largest absolute Gasteiger partial charge is 0.508 e. The number of benzene rings is 3. The van der Waals surface area contributed by atoms with E-state index in [1.54, 1.807) is 35.8 Å². The molecular formula is C43H53N11O8S2. The first-order valence-electron chi connectivity index (χ1n) is 20.2. The number of aryl methyl sites for hydroxylation is 1. The number of unbranched alkanes of at least 4 members (excludes halogenated alkanes) is 5. The van der Waals surface area contributed by atoms with Gasteiger partial charge in [-0.05, 0) is 85.5 Å². The average molecular weight is 916 g/mol. The number of carbonyl (C=O) groups excluding carboxylic acids is 1. The van der Waals surface area contributed by atoms with Crippen LogP contribution in [0.2, 0.25) is 0 Å². The summed E-state index contributed by atoms with van der Waals surface area (Å²) in [6.07, 6.45) is 11.7. The Morgan fingerprint density at radius 3 is 2.14 bits per heavy atom. The van der Waals surface area contributed by atoms with E-state index in [0.717, 1.165) is 12.1 Å². The summed E-state index contributed by atoms with van der Waals surface area (Å²) in [5.74, 6) is -2.55. The van der Waals surface area contributed by atoms with Crippen molar-refractivity contribution in [1.29, 1.82) is 0 Å². The molecule has 1 atom stereocenters. The minimum atomic E-state index is -3.56. The lowest BCUT2D eigenvalue weighted by atomic mass is 10.1. The first-order valence-corrected chi connectivity index (χ1v) is 22.6. The van der Waals surface area contributed by atoms with Gasteiger partial charge in [-0.2, -0.15) is 9.97 Å². The molecule has 19 nitrogen and oxygen atoms in total. The Labute approximate surface area is 374 Å². The van der Waals surface area contributed by atoms with Gasteiger partial charge in [-0.3, -0.25) is 14.3 Å². The van der Waals surface area contributed by atoms with Crippen LogP contribution in [0.15, 0.2) is 95.5 Å². The molecular weight excluding hydrogens is 863 g/mol. The van der Waals surface area contributed by atoms with Crippen molar-refractivity contribution in [2.75, 3.05) is 33.9 Å². The standard InChI is InChI=1S/C20H22N8O5.C14H22O.C9H9N3O2S2/c1-28(9-11-8-23-17-15(24-11)16(21)26-20(22)27-17)12-4-2-10(3-5-12)18(31)25-13(19(32)33)6-7-14(29)30;1-2-3-4-5-6-7-8-13-9-11-14(15)12-10-13;10-7-1-3-8(4-2-7)16(13,14)12-9-11-5-6-15-9/h2-5,8,13H,6-7,9H2,1H3,(H,25,31)(H,29,30)(H,32,33)(H4,21,22,23,26,27);9-12,15H,2-8H2,1H3;1-6H,10H2,(H,11,12)/t13-;;/m0../s1. The van der Waals surface area contributed by atoms with E-state index in [9.17, 15) is 27.9 Å². The number of thiazole rings is 1. The number of carboxylic acid groups (broad SMARTS) is 2. The Hall–Kier alpha value is -7.13. The van der Waals surface area contributed by atoms with Crippen LogP contribution in [-0.2, 0) is 32.6 Å². The number of aliphatic carboxylic acids is 2. The molecule has 6 rings (SSSR count). The first-order chi connectivity index (χ1) is 30.5. The number of nitrogens with two attached hydrogens (primary N) is 3. The number of carbonyl (C=O) groups is 3. The zero-order chi connectivity index (χ0) is 46.6. The number of nitrogens with one attached hydrogen (secondary N) is 2. The van der Waals surface area contributed by atoms with E-state index in [2.05, 4.69) is 41.9 Å². The lowest BCUT2D eigenvalue weighted by molar-refractivity contribution is -0.140. The van der Waals surface area contributed by atoms with Crippen LogP contribution in [0.1, 0.15) is 79.9 Å². The number of fused-ring (bicyclic) bond motifs is 1. The summed E-state index contributed by atoms with van der Waals surface area (Å²) in [7, 11) is -1.74. The number of amides is 1. The van der Waals surface area contributed by atoms with Gasteiger partial charge in [0.25, 0.3) is 15.9 Å². The number of hydrogen-bond donors (Lipinski definition) is 8. The number of aromatic hydroxyl groups is 1. The lowest BCUT2D eigenvalue weighted by Crippen LogP contribution is -2.41. The molecule has 3 aromatic carbocycles. The Morgan fingerprint density at radius 1 is 0.844 bits per heavy atom. The number of nitrogen functional groups attached to an aromatic ring is 3. The smallest absolute Gasteiger partial charge is 0.326 e. The van der Waals surface area contributed by atoms with E-state index in [4.69, 9.17) is 27.4 Å². The number of carboxylic acids is 2. The van der Waals surface area contributed by atoms with E-state index < -0.39 is 33.9 Å². The average Bonchev–Trinajstić information content (AvgIpc) is 3.77. The summed E-state index contributed by atoms with van der Waals surface area (Å²) in [4.78, 5) is 56.7. The van der Waals surface area contributed by atoms with Crippen LogP contribution in [-0.4, -0.2) is 79.6 Å². The number of aromatic nitrogens is 5. The Kier molecular flexibility index (Phi) is 19.0. The van der Waals surface area contributed by atoms with Gasteiger partial charge in [0.2, 0.25) is 5.95 Å². The van der Waals surface area contributed by atoms with Gasteiger partial charge in [0.05, 0.1) is 23.3 Å². The molecule has 0 unspecified atom stereocenters. The highest BCUT2D eigenvalue weighted by atomic mass is 32.2. The van der Waals surface area contributed by atoms with Crippen molar-refractivity contribution in [2.24, 2.45) is 0 Å². The Morgan fingerprint density at radius 2 is 1.52 bits per heavy atom. The minimum absolute atomic E-state index is 0.0138. The predicted octanol–water partition coefficient (Wildman–Crippen LogP) is 6.09. The van der Waals surface area contributed by atoms with Crippen molar-refractivity contribution in [3.05, 3.63) is 107 Å². The normalized spacial score (nSPS) is 11.3. The van der Waals surface area contributed by atoms with E-state index in [-0.39, 0.29) is 35.1 Å². The van der Waals surface area contributed by atoms with Gasteiger partial charge in [-0.15, -0.1) is 11.3 Å². The molecule has 64 heavy (non-hydrogen) atoms. The molecule has 0 radical (unpaired) electrons. The molecule has 0 aliphatic heterocycles. The second-order valence-electron chi connectivity index (χ2n) is 14.4. The zero-order valence-electron chi connectivity index (χ0n) is 35.4. The fourth-order valence-corrected chi connectivity index (χ4v) is 7.68. The summed E-state index contributed by atoms with van der Waals surface area (Å²) < 4.78 is 26.0. The maximum absolute atomic E-state index is 12.4. The van der Waals surface area contributed by atoms with Gasteiger partial charge in [0.1, 0.15) is 11.8 Å². The summed E-state index contributed by atoms with van der Waals surface area (Å²) >= 11 is 1.22. The second kappa shape index (κ2) is 24.5. The first kappa shape index (κ1) is 49.5. The second-order valence-corrected chi connectivity index (χ2v) is 17.0. The van der Waals surface area contributed by atoms with E-state index in [1.807, 2.05) is 24.1 Å². The third kappa shape index (κ3) is 16.3. The molecule has 21 heteroatoms. The van der Waals surface area contributed by atoms with Gasteiger partial charge in [0.15, 0.2) is 22.1 Å². The summed E-state index contributed by atoms with van der Waals surface area (Å²) in [6, 6.07) is 18.7. The Balaban J connectivity index is 0.000000240. The van der Waals surface area contributed by atoms with E-state index >= 15 is 0 Å². The molecule has 0 aliphatic carbocycles. The quantitative estimate of drug-likeness (QED) is 0.0337. The highest BCUT2D eigenvalue weighted by Gasteiger charge is 2.22.